The number of halogens is 1. The lowest BCUT2D eigenvalue weighted by Crippen LogP contribution is -2.44. The molecule has 0 radical (unpaired) electrons. The minimum absolute atomic E-state index is 0.217. The van der Waals surface area contributed by atoms with Crippen LogP contribution in [0.4, 0.5) is 21.6 Å². The van der Waals surface area contributed by atoms with Gasteiger partial charge in [0.1, 0.15) is 12.2 Å². The van der Waals surface area contributed by atoms with Crippen LogP contribution in [0.3, 0.4) is 0 Å². The van der Waals surface area contributed by atoms with Crippen molar-refractivity contribution >= 4 is 51.6 Å². The van der Waals surface area contributed by atoms with Gasteiger partial charge in [0.15, 0.2) is 17.2 Å². The van der Waals surface area contributed by atoms with Gasteiger partial charge in [-0.1, -0.05) is 30.3 Å². The molecule has 3 atom stereocenters. The van der Waals surface area contributed by atoms with Gasteiger partial charge in [-0.2, -0.15) is 0 Å². The van der Waals surface area contributed by atoms with E-state index in [4.69, 9.17) is 4.98 Å². The van der Waals surface area contributed by atoms with Crippen LogP contribution < -0.4 is 27.0 Å². The minimum Gasteiger partial charge on any atom is -0.385 e. The Bertz CT molecular complexity index is 2640. The maximum atomic E-state index is 13.5. The second-order valence-electron chi connectivity index (χ2n) is 15.9. The summed E-state index contributed by atoms with van der Waals surface area (Å²) < 4.78 is 18.1. The molecule has 0 spiro atoms. The van der Waals surface area contributed by atoms with E-state index >= 15 is 0 Å². The van der Waals surface area contributed by atoms with Crippen LogP contribution in [0.25, 0.3) is 27.9 Å². The summed E-state index contributed by atoms with van der Waals surface area (Å²) in [4.78, 5) is 62.3. The number of hydrogen-bond donors (Lipinski definition) is 4. The number of piperidine rings is 2. The highest BCUT2D eigenvalue weighted by Gasteiger charge is 2.39. The molecule has 1 saturated carbocycles. The maximum Gasteiger partial charge on any atom is 0.329 e. The number of rotatable bonds is 12. The van der Waals surface area contributed by atoms with Crippen molar-refractivity contribution in [3.63, 3.8) is 0 Å². The van der Waals surface area contributed by atoms with Gasteiger partial charge < -0.3 is 16.0 Å². The summed E-state index contributed by atoms with van der Waals surface area (Å²) in [5, 5.41) is 16.2. The molecular formula is C43H46FN11O4. The van der Waals surface area contributed by atoms with E-state index < -0.39 is 30.1 Å². The van der Waals surface area contributed by atoms with Crippen LogP contribution in [0.15, 0.2) is 77.9 Å². The Morgan fingerprint density at radius 3 is 2.54 bits per heavy atom. The number of benzene rings is 2. The van der Waals surface area contributed by atoms with Crippen LogP contribution in [0.1, 0.15) is 66.2 Å². The number of amides is 3. The standard InChI is InChI=1S/C43H46FN11O4/c1-45-33-21-37(51-55-36(23-47-40(33)55)42(58)49-32-20-30(32)44)48-29-7-3-6-28(19-29)31-12-10-26(22-46-31)24-53-17-15-25(16-18-53)9-11-27-5-4-8-34-39(27)52(2)43(59)54(34)35-13-14-38(56)50-41(35)57/h3-8,10,12,19,21-23,25,30,32,35,45H,9,11,13-18,20,24H2,1-2H3,(H,48,51)(H,49,58)(H,50,56,57)/t30-,32+,35?/m0/s1. The first-order chi connectivity index (χ1) is 28.6. The smallest absolute Gasteiger partial charge is 0.329 e. The number of carbonyl (C=O) groups is 3. The van der Waals surface area contributed by atoms with Crippen LogP contribution in [0, 0.1) is 5.92 Å². The monoisotopic (exact) mass is 799 g/mol. The van der Waals surface area contributed by atoms with E-state index in [0.717, 1.165) is 84.4 Å². The molecule has 3 amide bonds. The number of likely N-dealkylation sites (tertiary alicyclic amines) is 1. The van der Waals surface area contributed by atoms with Crippen molar-refractivity contribution in [1.29, 1.82) is 0 Å². The summed E-state index contributed by atoms with van der Waals surface area (Å²) in [6.45, 7) is 2.81. The highest BCUT2D eigenvalue weighted by molar-refractivity contribution is 6.00. The first kappa shape index (κ1) is 38.1. The van der Waals surface area contributed by atoms with Crippen molar-refractivity contribution in [2.45, 2.75) is 69.7 Å². The summed E-state index contributed by atoms with van der Waals surface area (Å²) in [6, 6.07) is 18.7. The molecule has 16 heteroatoms. The first-order valence-corrected chi connectivity index (χ1v) is 20.2. The Labute approximate surface area is 339 Å². The number of para-hydroxylation sites is 1. The Morgan fingerprint density at radius 1 is 0.983 bits per heavy atom. The summed E-state index contributed by atoms with van der Waals surface area (Å²) in [5.41, 5.74) is 7.56. The van der Waals surface area contributed by atoms with Crippen LogP contribution in [0.5, 0.6) is 0 Å². The van der Waals surface area contributed by atoms with E-state index in [1.165, 1.54) is 10.7 Å². The minimum atomic E-state index is -1.01. The molecule has 3 aliphatic rings. The van der Waals surface area contributed by atoms with Gasteiger partial charge in [-0.05, 0) is 86.5 Å². The second-order valence-corrected chi connectivity index (χ2v) is 15.9. The molecule has 304 valence electrons. The van der Waals surface area contributed by atoms with Crippen molar-refractivity contribution in [1.82, 2.24) is 44.2 Å². The summed E-state index contributed by atoms with van der Waals surface area (Å²) in [7, 11) is 3.53. The molecule has 6 aromatic rings. The largest absolute Gasteiger partial charge is 0.385 e. The molecule has 4 aromatic heterocycles. The van der Waals surface area contributed by atoms with E-state index in [1.807, 2.05) is 54.7 Å². The second kappa shape index (κ2) is 15.7. The predicted octanol–water partition coefficient (Wildman–Crippen LogP) is 4.89. The molecule has 15 nitrogen and oxygen atoms in total. The Morgan fingerprint density at radius 2 is 1.80 bits per heavy atom. The number of alkyl halides is 1. The molecular weight excluding hydrogens is 754 g/mol. The van der Waals surface area contributed by atoms with Crippen LogP contribution >= 0.6 is 0 Å². The van der Waals surface area contributed by atoms with Gasteiger partial charge in [-0.25, -0.2) is 18.7 Å². The van der Waals surface area contributed by atoms with Crippen LogP contribution in [-0.4, -0.2) is 83.7 Å². The lowest BCUT2D eigenvalue weighted by molar-refractivity contribution is -0.135. The zero-order chi connectivity index (χ0) is 40.8. The number of aryl methyl sites for hydroxylation is 2. The van der Waals surface area contributed by atoms with E-state index in [0.29, 0.717) is 35.9 Å². The number of pyridine rings is 1. The third-order valence-electron chi connectivity index (χ3n) is 11.9. The fourth-order valence-corrected chi connectivity index (χ4v) is 8.52. The van der Waals surface area contributed by atoms with E-state index in [2.05, 4.69) is 48.4 Å². The highest BCUT2D eigenvalue weighted by atomic mass is 19.1. The lowest BCUT2D eigenvalue weighted by Gasteiger charge is -2.32. The number of nitrogens with zero attached hydrogens (tertiary/aromatic N) is 7. The molecule has 6 heterocycles. The number of fused-ring (bicyclic) bond motifs is 2. The summed E-state index contributed by atoms with van der Waals surface area (Å²) in [5.74, 6) is -0.0747. The molecule has 0 bridgehead atoms. The third kappa shape index (κ3) is 7.67. The summed E-state index contributed by atoms with van der Waals surface area (Å²) >= 11 is 0. The van der Waals surface area contributed by atoms with Crippen molar-refractivity contribution in [3.05, 3.63) is 100 Å². The van der Waals surface area contributed by atoms with Crippen molar-refractivity contribution < 1.29 is 18.8 Å². The van der Waals surface area contributed by atoms with Gasteiger partial charge in [0.25, 0.3) is 5.91 Å². The summed E-state index contributed by atoms with van der Waals surface area (Å²) in [6.07, 6.45) is 7.26. The van der Waals surface area contributed by atoms with E-state index in [9.17, 15) is 23.6 Å². The molecule has 9 rings (SSSR count). The number of carbonyl (C=O) groups excluding carboxylic acids is 3. The quantitative estimate of drug-likeness (QED) is 0.125. The molecule has 3 fully saturated rings. The maximum absolute atomic E-state index is 13.5. The average Bonchev–Trinajstić information content (AvgIpc) is 3.64. The number of hydrogen-bond acceptors (Lipinski definition) is 10. The Balaban J connectivity index is 0.802. The molecule has 1 aliphatic carbocycles. The number of nitrogens with one attached hydrogen (secondary N) is 4. The predicted molar refractivity (Wildman–Crippen MR) is 221 cm³/mol. The van der Waals surface area contributed by atoms with E-state index in [1.54, 1.807) is 23.2 Å². The molecule has 2 aromatic carbocycles. The van der Waals surface area contributed by atoms with Gasteiger partial charge >= 0.3 is 5.69 Å². The first-order valence-electron chi connectivity index (χ1n) is 20.2. The van der Waals surface area contributed by atoms with Crippen molar-refractivity contribution in [2.75, 3.05) is 30.8 Å². The van der Waals surface area contributed by atoms with Gasteiger partial charge in [0, 0.05) is 57.0 Å². The molecule has 2 saturated heterocycles. The van der Waals surface area contributed by atoms with Crippen LogP contribution in [0.2, 0.25) is 0 Å². The zero-order valence-corrected chi connectivity index (χ0v) is 33.0. The lowest BCUT2D eigenvalue weighted by atomic mass is 9.90. The van der Waals surface area contributed by atoms with Gasteiger partial charge in [-0.3, -0.25) is 38.7 Å². The normalized spacial score (nSPS) is 19.9. The number of imide groups is 1. The zero-order valence-electron chi connectivity index (χ0n) is 33.0. The number of aromatic nitrogens is 6. The molecule has 4 N–H and O–H groups in total. The number of imidazole rings is 2. The fraction of sp³-hybridized carbons (Fsp3) is 0.372. The van der Waals surface area contributed by atoms with Gasteiger partial charge in [0.05, 0.1) is 34.7 Å². The van der Waals surface area contributed by atoms with Crippen LogP contribution in [-0.2, 0) is 29.6 Å². The van der Waals surface area contributed by atoms with Gasteiger partial charge in [0.2, 0.25) is 11.8 Å². The average molecular weight is 800 g/mol. The topological polar surface area (TPSA) is 173 Å². The SMILES string of the molecule is CNc1cc(Nc2cccc(-c3ccc(CN4CCC(CCc5cccc6c5n(C)c(=O)n6C5CCC(=O)NC5=O)CC4)cn3)c2)nn2c(C(=O)N[C@@H]3C[C@@H]3F)cnc12. The Kier molecular flexibility index (Phi) is 10.2. The number of anilines is 3. The third-order valence-corrected chi connectivity index (χ3v) is 11.9. The Hall–Kier alpha value is -6.42. The van der Waals surface area contributed by atoms with Gasteiger partial charge in [-0.15, -0.1) is 5.10 Å². The van der Waals surface area contributed by atoms with Crippen molar-refractivity contribution in [3.8, 4) is 11.3 Å². The fourth-order valence-electron chi connectivity index (χ4n) is 8.52. The van der Waals surface area contributed by atoms with Crippen molar-refractivity contribution in [2.24, 2.45) is 13.0 Å². The van der Waals surface area contributed by atoms with E-state index in [-0.39, 0.29) is 23.7 Å². The molecule has 59 heavy (non-hydrogen) atoms. The molecule has 1 unspecified atom stereocenters. The molecule has 2 aliphatic heterocycles. The highest BCUT2D eigenvalue weighted by Crippen LogP contribution is 2.30.